The van der Waals surface area contributed by atoms with Gasteiger partial charge in [-0.3, -0.25) is 4.79 Å². The summed E-state index contributed by atoms with van der Waals surface area (Å²) in [6.07, 6.45) is 0.742. The van der Waals surface area contributed by atoms with Gasteiger partial charge < -0.3 is 4.90 Å². The van der Waals surface area contributed by atoms with Crippen LogP contribution in [-0.4, -0.2) is 27.1 Å². The van der Waals surface area contributed by atoms with E-state index in [-0.39, 0.29) is 5.91 Å². The van der Waals surface area contributed by atoms with E-state index >= 15 is 0 Å². The summed E-state index contributed by atoms with van der Waals surface area (Å²) >= 11 is 12.5. The molecule has 184 valence electrons. The Morgan fingerprint density at radius 3 is 2.00 bits per heavy atom. The molecule has 0 aliphatic heterocycles. The first-order valence-corrected chi connectivity index (χ1v) is 12.8. The number of aromatic nitrogens is 2. The molecule has 4 nitrogen and oxygen atoms in total. The average molecular weight is 526 g/mol. The Hall–Kier alpha value is -3.86. The van der Waals surface area contributed by atoms with Crippen molar-refractivity contribution in [3.8, 4) is 16.9 Å². The van der Waals surface area contributed by atoms with Gasteiger partial charge in [-0.05, 0) is 41.8 Å². The first-order valence-electron chi connectivity index (χ1n) is 12.1. The summed E-state index contributed by atoms with van der Waals surface area (Å²) in [6.45, 7) is 1.05. The molecule has 0 saturated heterocycles. The Morgan fingerprint density at radius 2 is 1.35 bits per heavy atom. The molecular formula is C31H25Cl2N3O. The van der Waals surface area contributed by atoms with Gasteiger partial charge in [0.05, 0.1) is 21.4 Å². The SMILES string of the molecule is O=C(c1cc(-c2ccccc2)nn1-c1ccc(Cl)c(Cl)c1)N(CCc1ccccc1)Cc1ccccc1. The lowest BCUT2D eigenvalue weighted by molar-refractivity contribution is 0.0736. The van der Waals surface area contributed by atoms with Gasteiger partial charge in [0.1, 0.15) is 5.69 Å². The minimum absolute atomic E-state index is 0.111. The van der Waals surface area contributed by atoms with Gasteiger partial charge in [0, 0.05) is 18.7 Å². The summed E-state index contributed by atoms with van der Waals surface area (Å²) in [7, 11) is 0. The highest BCUT2D eigenvalue weighted by atomic mass is 35.5. The third kappa shape index (κ3) is 5.93. The molecule has 1 heterocycles. The summed E-state index contributed by atoms with van der Waals surface area (Å²) in [5.74, 6) is -0.111. The predicted molar refractivity (Wildman–Crippen MR) is 150 cm³/mol. The number of halogens is 2. The molecule has 37 heavy (non-hydrogen) atoms. The molecule has 0 fully saturated rings. The van der Waals surface area contributed by atoms with Crippen molar-refractivity contribution in [1.82, 2.24) is 14.7 Å². The van der Waals surface area contributed by atoms with E-state index in [2.05, 4.69) is 12.1 Å². The lowest BCUT2D eigenvalue weighted by Crippen LogP contribution is -2.34. The molecule has 0 aliphatic rings. The fourth-order valence-electron chi connectivity index (χ4n) is 4.22. The van der Waals surface area contributed by atoms with Crippen molar-refractivity contribution in [2.45, 2.75) is 13.0 Å². The maximum absolute atomic E-state index is 14.2. The summed E-state index contributed by atoms with van der Waals surface area (Å²) in [5.41, 5.74) is 5.00. The zero-order valence-corrected chi connectivity index (χ0v) is 21.6. The van der Waals surface area contributed by atoms with Crippen LogP contribution in [0, 0.1) is 0 Å². The van der Waals surface area contributed by atoms with Crippen LogP contribution in [0.4, 0.5) is 0 Å². The number of benzene rings is 4. The van der Waals surface area contributed by atoms with E-state index in [4.69, 9.17) is 28.3 Å². The molecule has 6 heteroatoms. The fourth-order valence-corrected chi connectivity index (χ4v) is 4.52. The molecule has 0 spiro atoms. The third-order valence-corrected chi connectivity index (χ3v) is 6.90. The number of rotatable bonds is 8. The van der Waals surface area contributed by atoms with Crippen molar-refractivity contribution in [1.29, 1.82) is 0 Å². The van der Waals surface area contributed by atoms with E-state index in [9.17, 15) is 4.79 Å². The highest BCUT2D eigenvalue weighted by Crippen LogP contribution is 2.28. The van der Waals surface area contributed by atoms with Crippen LogP contribution in [0.5, 0.6) is 0 Å². The second-order valence-corrected chi connectivity index (χ2v) is 9.55. The summed E-state index contributed by atoms with van der Waals surface area (Å²) < 4.78 is 1.66. The van der Waals surface area contributed by atoms with Gasteiger partial charge in [-0.15, -0.1) is 0 Å². The van der Waals surface area contributed by atoms with E-state index in [1.54, 1.807) is 16.8 Å². The molecule has 0 aliphatic carbocycles. The Labute approximate surface area is 226 Å². The summed E-state index contributed by atoms with van der Waals surface area (Å²) in [5, 5.41) is 5.67. The number of hydrogen-bond donors (Lipinski definition) is 0. The van der Waals surface area contributed by atoms with Crippen molar-refractivity contribution in [3.05, 3.63) is 142 Å². The van der Waals surface area contributed by atoms with Crippen molar-refractivity contribution in [2.75, 3.05) is 6.54 Å². The van der Waals surface area contributed by atoms with Gasteiger partial charge in [0.2, 0.25) is 0 Å². The Balaban J connectivity index is 1.55. The molecule has 0 bridgehead atoms. The van der Waals surface area contributed by atoms with Crippen LogP contribution in [0.25, 0.3) is 16.9 Å². The van der Waals surface area contributed by atoms with Crippen LogP contribution in [0.15, 0.2) is 115 Å². The van der Waals surface area contributed by atoms with Gasteiger partial charge in [-0.2, -0.15) is 5.10 Å². The molecule has 0 unspecified atom stereocenters. The van der Waals surface area contributed by atoms with Crippen molar-refractivity contribution in [2.24, 2.45) is 0 Å². The fraction of sp³-hybridized carbons (Fsp3) is 0.0968. The molecule has 4 aromatic carbocycles. The van der Waals surface area contributed by atoms with Gasteiger partial charge >= 0.3 is 0 Å². The quantitative estimate of drug-likeness (QED) is 0.208. The van der Waals surface area contributed by atoms with Crippen LogP contribution < -0.4 is 0 Å². The normalized spacial score (nSPS) is 10.9. The monoisotopic (exact) mass is 525 g/mol. The predicted octanol–water partition coefficient (Wildman–Crippen LogP) is 7.73. The maximum Gasteiger partial charge on any atom is 0.272 e. The first-order chi connectivity index (χ1) is 18.1. The highest BCUT2D eigenvalue weighted by molar-refractivity contribution is 6.42. The van der Waals surface area contributed by atoms with E-state index in [1.807, 2.05) is 95.9 Å². The number of carbonyl (C=O) groups is 1. The van der Waals surface area contributed by atoms with E-state index in [1.165, 1.54) is 5.56 Å². The molecule has 0 atom stereocenters. The first kappa shape index (κ1) is 24.8. The highest BCUT2D eigenvalue weighted by Gasteiger charge is 2.23. The van der Waals surface area contributed by atoms with Gasteiger partial charge in [0.15, 0.2) is 0 Å². The minimum atomic E-state index is -0.111. The second-order valence-electron chi connectivity index (χ2n) is 8.74. The van der Waals surface area contributed by atoms with Crippen molar-refractivity contribution >= 4 is 29.1 Å². The van der Waals surface area contributed by atoms with E-state index in [0.717, 1.165) is 17.5 Å². The average Bonchev–Trinajstić information content (AvgIpc) is 3.39. The summed E-state index contributed by atoms with van der Waals surface area (Å²) in [6, 6.07) is 37.2. The minimum Gasteiger partial charge on any atom is -0.333 e. The van der Waals surface area contributed by atoms with Gasteiger partial charge in [-0.1, -0.05) is 114 Å². The largest absolute Gasteiger partial charge is 0.333 e. The molecular weight excluding hydrogens is 501 g/mol. The lowest BCUT2D eigenvalue weighted by Gasteiger charge is -2.23. The number of carbonyl (C=O) groups excluding carboxylic acids is 1. The zero-order valence-electron chi connectivity index (χ0n) is 20.1. The van der Waals surface area contributed by atoms with Crippen molar-refractivity contribution < 1.29 is 4.79 Å². The van der Waals surface area contributed by atoms with Crippen molar-refractivity contribution in [3.63, 3.8) is 0 Å². The third-order valence-electron chi connectivity index (χ3n) is 6.16. The molecule has 0 saturated carbocycles. The standard InChI is InChI=1S/C31H25Cl2N3O/c32-27-17-16-26(20-28(27)33)36-30(21-29(34-36)25-14-8-3-9-15-25)31(37)35(22-24-12-6-2-7-13-24)19-18-23-10-4-1-5-11-23/h1-17,20-21H,18-19,22H2. The molecule has 5 rings (SSSR count). The van der Waals surface area contributed by atoms with Crippen LogP contribution in [0.2, 0.25) is 10.0 Å². The second kappa shape index (κ2) is 11.5. The Bertz CT molecular complexity index is 1490. The van der Waals surface area contributed by atoms with Crippen LogP contribution in [0.3, 0.4) is 0 Å². The number of amides is 1. The van der Waals surface area contributed by atoms with Crippen LogP contribution in [-0.2, 0) is 13.0 Å². The Morgan fingerprint density at radius 1 is 0.730 bits per heavy atom. The molecule has 1 amide bonds. The topological polar surface area (TPSA) is 38.1 Å². The molecule has 1 aromatic heterocycles. The van der Waals surface area contributed by atoms with Gasteiger partial charge in [0.25, 0.3) is 5.91 Å². The number of hydrogen-bond acceptors (Lipinski definition) is 2. The Kier molecular flexibility index (Phi) is 7.69. The van der Waals surface area contributed by atoms with Gasteiger partial charge in [-0.25, -0.2) is 4.68 Å². The maximum atomic E-state index is 14.2. The smallest absolute Gasteiger partial charge is 0.272 e. The lowest BCUT2D eigenvalue weighted by atomic mass is 10.1. The molecule has 5 aromatic rings. The summed E-state index contributed by atoms with van der Waals surface area (Å²) in [4.78, 5) is 16.0. The van der Waals surface area contributed by atoms with E-state index in [0.29, 0.717) is 40.2 Å². The van der Waals surface area contributed by atoms with E-state index < -0.39 is 0 Å². The van der Waals surface area contributed by atoms with Crippen LogP contribution in [0.1, 0.15) is 21.6 Å². The molecule has 0 radical (unpaired) electrons. The molecule has 0 N–H and O–H groups in total. The van der Waals surface area contributed by atoms with Crippen LogP contribution >= 0.6 is 23.2 Å². The zero-order chi connectivity index (χ0) is 25.6. The number of nitrogens with zero attached hydrogens (tertiary/aromatic N) is 3.